The molecule has 3 heterocycles. The fraction of sp³-hybridized carbons (Fsp3) is 0.158. The third-order valence-electron chi connectivity index (χ3n) is 4.54. The highest BCUT2D eigenvalue weighted by molar-refractivity contribution is 14.1. The van der Waals surface area contributed by atoms with Crippen LogP contribution in [-0.2, 0) is 9.59 Å². The van der Waals surface area contributed by atoms with Crippen molar-refractivity contribution in [2.45, 2.75) is 13.0 Å². The summed E-state index contributed by atoms with van der Waals surface area (Å²) in [6.07, 6.45) is 0. The van der Waals surface area contributed by atoms with Crippen molar-refractivity contribution in [3.8, 4) is 5.75 Å². The second-order valence-electron chi connectivity index (χ2n) is 6.22. The van der Waals surface area contributed by atoms with Crippen LogP contribution in [0.15, 0.2) is 45.8 Å². The predicted molar refractivity (Wildman–Crippen MR) is 114 cm³/mol. The van der Waals surface area contributed by atoms with Crippen molar-refractivity contribution in [3.05, 3.63) is 62.1 Å². The molecule has 1 atom stereocenters. The molecular weight excluding hydrogens is 509 g/mol. The topological polar surface area (TPSA) is 106 Å². The van der Waals surface area contributed by atoms with E-state index in [1.165, 1.54) is 17.5 Å². The number of furan rings is 1. The maximum absolute atomic E-state index is 12.9. The zero-order valence-corrected chi connectivity index (χ0v) is 18.2. The van der Waals surface area contributed by atoms with Crippen molar-refractivity contribution in [2.24, 2.45) is 0 Å². The molecular formula is C19H14IN3O5S. The lowest BCUT2D eigenvalue weighted by Crippen LogP contribution is -2.29. The molecule has 1 fully saturated rings. The highest BCUT2D eigenvalue weighted by Gasteiger charge is 2.49. The number of halogens is 1. The van der Waals surface area contributed by atoms with Crippen LogP contribution in [0.4, 0.5) is 5.13 Å². The summed E-state index contributed by atoms with van der Waals surface area (Å²) in [5.41, 5.74) is 2.61. The number of methoxy groups -OCH3 is 1. The van der Waals surface area contributed by atoms with E-state index in [0.717, 1.165) is 16.9 Å². The number of aliphatic hydroxyl groups is 1. The molecule has 0 aliphatic carbocycles. The molecule has 0 saturated carbocycles. The molecule has 2 aromatic heterocycles. The zero-order valence-electron chi connectivity index (χ0n) is 15.2. The normalized spacial score (nSPS) is 18.4. The number of hydrogen-bond acceptors (Lipinski definition) is 8. The number of amides is 1. The number of aliphatic hydroxyl groups excluding tert-OH is 1. The molecule has 1 aliphatic rings. The first-order valence-electron chi connectivity index (χ1n) is 8.39. The molecule has 148 valence electrons. The molecule has 3 aromatic rings. The van der Waals surface area contributed by atoms with E-state index in [1.807, 2.05) is 29.5 Å². The van der Waals surface area contributed by atoms with E-state index in [0.29, 0.717) is 20.8 Å². The third kappa shape index (κ3) is 3.31. The number of benzene rings is 1. The Bertz CT molecular complexity index is 1140. The lowest BCUT2D eigenvalue weighted by Gasteiger charge is -2.20. The average Bonchev–Trinajstić information content (AvgIpc) is 3.43. The Hall–Kier alpha value is -2.73. The number of ether oxygens (including phenoxy) is 1. The summed E-state index contributed by atoms with van der Waals surface area (Å²) >= 11 is 3.10. The number of anilines is 1. The van der Waals surface area contributed by atoms with Crippen LogP contribution in [0.2, 0.25) is 0 Å². The molecule has 10 heteroatoms. The minimum atomic E-state index is -0.959. The van der Waals surface area contributed by atoms with Gasteiger partial charge in [-0.15, -0.1) is 10.2 Å². The minimum Gasteiger partial charge on any atom is -0.507 e. The first-order valence-corrected chi connectivity index (χ1v) is 10.4. The standard InChI is InChI=1S/C19H14IN3O5S/c1-9-3-4-10(7-12(9)27-2)16(24)14-15(11-5-6-13(20)28-11)23(18(26)17(14)25)19-22-21-8-29-19/h3-8,15,24H,1-2H3/b16-14+. The Labute approximate surface area is 182 Å². The Kier molecular flexibility index (Phi) is 5.13. The smallest absolute Gasteiger partial charge is 0.302 e. The second kappa shape index (κ2) is 7.59. The first-order chi connectivity index (χ1) is 13.9. The van der Waals surface area contributed by atoms with Gasteiger partial charge in [0.2, 0.25) is 5.13 Å². The molecule has 29 heavy (non-hydrogen) atoms. The SMILES string of the molecule is COc1cc(/C(O)=C2\C(=O)C(=O)N(c3nncs3)C2c2ccc(I)o2)ccc1C. The number of hydrogen-bond donors (Lipinski definition) is 1. The molecule has 1 saturated heterocycles. The summed E-state index contributed by atoms with van der Waals surface area (Å²) < 4.78 is 11.6. The van der Waals surface area contributed by atoms with Gasteiger partial charge in [0.15, 0.2) is 3.77 Å². The fourth-order valence-electron chi connectivity index (χ4n) is 3.17. The van der Waals surface area contributed by atoms with Crippen molar-refractivity contribution >= 4 is 56.5 Å². The van der Waals surface area contributed by atoms with E-state index >= 15 is 0 Å². The lowest BCUT2D eigenvalue weighted by molar-refractivity contribution is -0.132. The Morgan fingerprint density at radius 3 is 2.72 bits per heavy atom. The average molecular weight is 523 g/mol. The van der Waals surface area contributed by atoms with Crippen LogP contribution in [0.25, 0.3) is 5.76 Å². The van der Waals surface area contributed by atoms with Crippen LogP contribution >= 0.6 is 33.9 Å². The zero-order chi connectivity index (χ0) is 20.7. The number of carbonyl (C=O) groups is 2. The van der Waals surface area contributed by atoms with Crippen molar-refractivity contribution in [3.63, 3.8) is 0 Å². The van der Waals surface area contributed by atoms with E-state index in [9.17, 15) is 14.7 Å². The van der Waals surface area contributed by atoms with Crippen molar-refractivity contribution < 1.29 is 23.8 Å². The summed E-state index contributed by atoms with van der Waals surface area (Å²) in [5, 5.41) is 18.9. The van der Waals surface area contributed by atoms with Crippen LogP contribution in [0.5, 0.6) is 5.75 Å². The Morgan fingerprint density at radius 1 is 1.31 bits per heavy atom. The number of aryl methyl sites for hydroxylation is 1. The maximum atomic E-state index is 12.9. The molecule has 1 aromatic carbocycles. The Morgan fingerprint density at radius 2 is 2.10 bits per heavy atom. The van der Waals surface area contributed by atoms with Gasteiger partial charge in [-0.1, -0.05) is 23.5 Å². The van der Waals surface area contributed by atoms with Gasteiger partial charge in [-0.05, 0) is 53.3 Å². The maximum Gasteiger partial charge on any atom is 0.302 e. The molecule has 0 spiro atoms. The Balaban J connectivity index is 1.93. The number of aromatic nitrogens is 2. The van der Waals surface area contributed by atoms with E-state index in [4.69, 9.17) is 9.15 Å². The van der Waals surface area contributed by atoms with Gasteiger partial charge in [0.25, 0.3) is 5.78 Å². The van der Waals surface area contributed by atoms with Crippen LogP contribution in [0.3, 0.4) is 0 Å². The van der Waals surface area contributed by atoms with Gasteiger partial charge in [-0.2, -0.15) is 0 Å². The number of nitrogens with zero attached hydrogens (tertiary/aromatic N) is 3. The summed E-state index contributed by atoms with van der Waals surface area (Å²) in [6, 6.07) is 7.46. The monoisotopic (exact) mass is 523 g/mol. The molecule has 8 nitrogen and oxygen atoms in total. The van der Waals surface area contributed by atoms with Crippen LogP contribution in [0, 0.1) is 10.7 Å². The van der Waals surface area contributed by atoms with Gasteiger partial charge < -0.3 is 14.3 Å². The number of ketones is 1. The van der Waals surface area contributed by atoms with Gasteiger partial charge in [0.05, 0.1) is 12.7 Å². The van der Waals surface area contributed by atoms with Gasteiger partial charge in [-0.25, -0.2) is 0 Å². The number of rotatable bonds is 4. The quantitative estimate of drug-likeness (QED) is 0.241. The van der Waals surface area contributed by atoms with Crippen LogP contribution < -0.4 is 9.64 Å². The van der Waals surface area contributed by atoms with E-state index in [2.05, 4.69) is 10.2 Å². The van der Waals surface area contributed by atoms with Crippen molar-refractivity contribution in [2.75, 3.05) is 12.0 Å². The van der Waals surface area contributed by atoms with Gasteiger partial charge >= 0.3 is 5.91 Å². The van der Waals surface area contributed by atoms with Crippen LogP contribution in [-0.4, -0.2) is 34.1 Å². The van der Waals surface area contributed by atoms with Crippen molar-refractivity contribution in [1.29, 1.82) is 0 Å². The largest absolute Gasteiger partial charge is 0.507 e. The van der Waals surface area contributed by atoms with Crippen LogP contribution in [0.1, 0.15) is 22.9 Å². The summed E-state index contributed by atoms with van der Waals surface area (Å²) in [7, 11) is 1.52. The molecule has 0 radical (unpaired) electrons. The minimum absolute atomic E-state index is 0.0816. The number of carbonyl (C=O) groups excluding carboxylic acids is 2. The third-order valence-corrected chi connectivity index (χ3v) is 5.81. The summed E-state index contributed by atoms with van der Waals surface area (Å²) in [6.45, 7) is 1.86. The predicted octanol–water partition coefficient (Wildman–Crippen LogP) is 3.68. The molecule has 1 N–H and O–H groups in total. The van der Waals surface area contributed by atoms with Gasteiger partial charge in [0.1, 0.15) is 28.8 Å². The number of Topliss-reactive ketones (excluding diaryl/α,β-unsaturated/α-hetero) is 1. The molecule has 1 amide bonds. The highest BCUT2D eigenvalue weighted by Crippen LogP contribution is 2.43. The van der Waals surface area contributed by atoms with Gasteiger partial charge in [0, 0.05) is 5.56 Å². The van der Waals surface area contributed by atoms with Crippen molar-refractivity contribution in [1.82, 2.24) is 10.2 Å². The molecule has 4 rings (SSSR count). The van der Waals surface area contributed by atoms with E-state index < -0.39 is 17.7 Å². The van der Waals surface area contributed by atoms with E-state index in [-0.39, 0.29) is 16.5 Å². The second-order valence-corrected chi connectivity index (χ2v) is 8.09. The summed E-state index contributed by atoms with van der Waals surface area (Å²) in [4.78, 5) is 26.9. The van der Waals surface area contributed by atoms with Gasteiger partial charge in [-0.3, -0.25) is 14.5 Å². The first kappa shape index (κ1) is 19.6. The lowest BCUT2D eigenvalue weighted by atomic mass is 9.98. The highest BCUT2D eigenvalue weighted by atomic mass is 127. The molecule has 0 bridgehead atoms. The molecule has 1 aliphatic heterocycles. The molecule has 1 unspecified atom stereocenters. The fourth-order valence-corrected chi connectivity index (χ4v) is 4.19. The summed E-state index contributed by atoms with van der Waals surface area (Å²) in [5.74, 6) is -1.06. The van der Waals surface area contributed by atoms with E-state index in [1.54, 1.807) is 30.3 Å².